The van der Waals surface area contributed by atoms with E-state index in [0.717, 1.165) is 12.1 Å². The van der Waals surface area contributed by atoms with Gasteiger partial charge in [0.05, 0.1) is 6.54 Å². The summed E-state index contributed by atoms with van der Waals surface area (Å²) in [6.45, 7) is 1.40. The van der Waals surface area contributed by atoms with Gasteiger partial charge in [-0.25, -0.2) is 0 Å². The Bertz CT molecular complexity index is 989. The van der Waals surface area contributed by atoms with Crippen molar-refractivity contribution in [1.82, 2.24) is 24.6 Å². The van der Waals surface area contributed by atoms with E-state index < -0.39 is 0 Å². The molecule has 6 heteroatoms. The number of rotatable bonds is 5. The minimum atomic E-state index is 0.593. The lowest BCUT2D eigenvalue weighted by Gasteiger charge is -2.14. The van der Waals surface area contributed by atoms with Crippen LogP contribution in [0.3, 0.4) is 0 Å². The van der Waals surface area contributed by atoms with Crippen LogP contribution in [0.5, 0.6) is 0 Å². The van der Waals surface area contributed by atoms with Crippen LogP contribution in [0.1, 0.15) is 11.6 Å². The van der Waals surface area contributed by atoms with Crippen molar-refractivity contribution in [3.05, 3.63) is 66.4 Å². The number of aromatic nitrogens is 4. The molecule has 0 saturated carbocycles. The van der Waals surface area contributed by atoms with Gasteiger partial charge in [-0.05, 0) is 36.7 Å². The van der Waals surface area contributed by atoms with Crippen molar-refractivity contribution in [2.45, 2.75) is 13.1 Å². The van der Waals surface area contributed by atoms with Gasteiger partial charge in [-0.15, -0.1) is 0 Å². The molecule has 126 valence electrons. The number of fused-ring (bicyclic) bond motifs is 1. The molecule has 0 fully saturated rings. The number of para-hydroxylation sites is 1. The highest BCUT2D eigenvalue weighted by Gasteiger charge is 2.13. The molecule has 0 aliphatic rings. The van der Waals surface area contributed by atoms with Gasteiger partial charge in [0.15, 0.2) is 0 Å². The second kappa shape index (κ2) is 6.49. The molecule has 3 aromatic heterocycles. The lowest BCUT2D eigenvalue weighted by Crippen LogP contribution is -2.19. The highest BCUT2D eigenvalue weighted by Crippen LogP contribution is 2.20. The van der Waals surface area contributed by atoms with E-state index in [-0.39, 0.29) is 0 Å². The summed E-state index contributed by atoms with van der Waals surface area (Å²) in [5.41, 5.74) is 3.39. The Morgan fingerprint density at radius 3 is 2.68 bits per heavy atom. The highest BCUT2D eigenvalue weighted by molar-refractivity contribution is 5.81. The molecule has 0 amide bonds. The molecule has 0 spiro atoms. The smallest absolute Gasteiger partial charge is 0.241 e. The first kappa shape index (κ1) is 15.5. The first-order valence-electron chi connectivity index (χ1n) is 8.15. The lowest BCUT2D eigenvalue weighted by atomic mass is 10.2. The van der Waals surface area contributed by atoms with Crippen LogP contribution in [-0.4, -0.2) is 31.6 Å². The fourth-order valence-corrected chi connectivity index (χ4v) is 3.00. The van der Waals surface area contributed by atoms with Crippen LogP contribution in [0.15, 0.2) is 59.4 Å². The van der Waals surface area contributed by atoms with Gasteiger partial charge in [0, 0.05) is 42.8 Å². The lowest BCUT2D eigenvalue weighted by molar-refractivity contribution is 0.257. The van der Waals surface area contributed by atoms with Gasteiger partial charge in [0.2, 0.25) is 11.7 Å². The predicted molar refractivity (Wildman–Crippen MR) is 95.6 cm³/mol. The Morgan fingerprint density at radius 1 is 1.08 bits per heavy atom. The van der Waals surface area contributed by atoms with Gasteiger partial charge in [-0.3, -0.25) is 9.88 Å². The summed E-state index contributed by atoms with van der Waals surface area (Å²) in [4.78, 5) is 10.6. The number of hydrogen-bond donors (Lipinski definition) is 0. The Balaban J connectivity index is 1.48. The number of pyridine rings is 1. The summed E-state index contributed by atoms with van der Waals surface area (Å²) in [6, 6.07) is 14.4. The fourth-order valence-electron chi connectivity index (χ4n) is 3.00. The van der Waals surface area contributed by atoms with E-state index in [2.05, 4.69) is 62.0 Å². The van der Waals surface area contributed by atoms with E-state index in [4.69, 9.17) is 4.52 Å². The largest absolute Gasteiger partial charge is 0.346 e. The number of hydrogen-bond acceptors (Lipinski definition) is 5. The van der Waals surface area contributed by atoms with Gasteiger partial charge in [0.1, 0.15) is 0 Å². The van der Waals surface area contributed by atoms with Crippen molar-refractivity contribution < 1.29 is 4.52 Å². The standard InChI is InChI=1S/C19H19N5O/c1-23(12-16-11-15-5-3-4-6-17(15)24(16)2)13-18-21-19(22-25-18)14-7-9-20-10-8-14/h3-11H,12-13H2,1-2H3. The summed E-state index contributed by atoms with van der Waals surface area (Å²) >= 11 is 0. The van der Waals surface area contributed by atoms with E-state index in [1.54, 1.807) is 12.4 Å². The second-order valence-corrected chi connectivity index (χ2v) is 6.17. The monoisotopic (exact) mass is 333 g/mol. The first-order chi connectivity index (χ1) is 12.2. The van der Waals surface area contributed by atoms with Gasteiger partial charge in [-0.2, -0.15) is 4.98 Å². The number of nitrogens with zero attached hydrogens (tertiary/aromatic N) is 5. The van der Waals surface area contributed by atoms with Gasteiger partial charge < -0.3 is 9.09 Å². The van der Waals surface area contributed by atoms with Crippen molar-refractivity contribution in [3.8, 4) is 11.4 Å². The maximum Gasteiger partial charge on any atom is 0.241 e. The first-order valence-corrected chi connectivity index (χ1v) is 8.15. The predicted octanol–water partition coefficient (Wildman–Crippen LogP) is 3.26. The molecule has 0 aliphatic carbocycles. The van der Waals surface area contributed by atoms with Gasteiger partial charge >= 0.3 is 0 Å². The molecule has 0 unspecified atom stereocenters. The highest BCUT2D eigenvalue weighted by atomic mass is 16.5. The number of benzene rings is 1. The van der Waals surface area contributed by atoms with Gasteiger partial charge in [0.25, 0.3) is 0 Å². The van der Waals surface area contributed by atoms with Gasteiger partial charge in [-0.1, -0.05) is 23.4 Å². The van der Waals surface area contributed by atoms with Crippen molar-refractivity contribution in [1.29, 1.82) is 0 Å². The molecule has 3 heterocycles. The van der Waals surface area contributed by atoms with Crippen molar-refractivity contribution in [2.24, 2.45) is 7.05 Å². The molecule has 0 bridgehead atoms. The maximum atomic E-state index is 5.39. The molecule has 4 rings (SSSR count). The van der Waals surface area contributed by atoms with Crippen LogP contribution in [0.2, 0.25) is 0 Å². The Morgan fingerprint density at radius 2 is 1.88 bits per heavy atom. The minimum Gasteiger partial charge on any atom is -0.346 e. The zero-order chi connectivity index (χ0) is 17.2. The third-order valence-electron chi connectivity index (χ3n) is 4.29. The zero-order valence-corrected chi connectivity index (χ0v) is 14.3. The molecular formula is C19H19N5O. The van der Waals surface area contributed by atoms with Crippen LogP contribution in [0.4, 0.5) is 0 Å². The van der Waals surface area contributed by atoms with Crippen LogP contribution in [0, 0.1) is 0 Å². The third kappa shape index (κ3) is 3.16. The van der Waals surface area contributed by atoms with Crippen molar-refractivity contribution in [2.75, 3.05) is 7.05 Å². The van der Waals surface area contributed by atoms with E-state index in [1.165, 1.54) is 16.6 Å². The van der Waals surface area contributed by atoms with Crippen LogP contribution < -0.4 is 0 Å². The quantitative estimate of drug-likeness (QED) is 0.561. The molecule has 4 aromatic rings. The molecule has 0 aliphatic heterocycles. The van der Waals surface area contributed by atoms with E-state index in [0.29, 0.717) is 18.3 Å². The van der Waals surface area contributed by atoms with Crippen LogP contribution in [0.25, 0.3) is 22.3 Å². The van der Waals surface area contributed by atoms with Crippen LogP contribution >= 0.6 is 0 Å². The summed E-state index contributed by atoms with van der Waals surface area (Å²) < 4.78 is 7.61. The molecule has 1 aromatic carbocycles. The minimum absolute atomic E-state index is 0.593. The number of aryl methyl sites for hydroxylation is 1. The topological polar surface area (TPSA) is 60.0 Å². The molecule has 0 atom stereocenters. The molecular weight excluding hydrogens is 314 g/mol. The third-order valence-corrected chi connectivity index (χ3v) is 4.29. The van der Waals surface area contributed by atoms with Crippen LogP contribution in [-0.2, 0) is 20.1 Å². The van der Waals surface area contributed by atoms with E-state index in [1.807, 2.05) is 19.2 Å². The summed E-state index contributed by atoms with van der Waals surface area (Å²) in [5, 5.41) is 5.31. The SMILES string of the molecule is CN(Cc1nc(-c2ccncc2)no1)Cc1cc2ccccc2n1C. The van der Waals surface area contributed by atoms with Crippen molar-refractivity contribution >= 4 is 10.9 Å². The normalized spacial score (nSPS) is 11.5. The molecule has 0 N–H and O–H groups in total. The average Bonchev–Trinajstić information content (AvgIpc) is 3.21. The summed E-state index contributed by atoms with van der Waals surface area (Å²) in [5.74, 6) is 1.20. The molecule has 0 radical (unpaired) electrons. The summed E-state index contributed by atoms with van der Waals surface area (Å²) in [7, 11) is 4.15. The fraction of sp³-hybridized carbons (Fsp3) is 0.211. The molecule has 6 nitrogen and oxygen atoms in total. The van der Waals surface area contributed by atoms with E-state index >= 15 is 0 Å². The van der Waals surface area contributed by atoms with E-state index in [9.17, 15) is 0 Å². The Labute approximate surface area is 145 Å². The maximum absolute atomic E-state index is 5.39. The Hall–Kier alpha value is -2.99. The average molecular weight is 333 g/mol. The Kier molecular flexibility index (Phi) is 4.03. The summed E-state index contributed by atoms with van der Waals surface area (Å²) in [6.07, 6.45) is 3.44. The van der Waals surface area contributed by atoms with Crippen molar-refractivity contribution in [3.63, 3.8) is 0 Å². The molecule has 25 heavy (non-hydrogen) atoms. The second-order valence-electron chi connectivity index (χ2n) is 6.17. The zero-order valence-electron chi connectivity index (χ0n) is 14.3. The molecule has 0 saturated heterocycles.